The van der Waals surface area contributed by atoms with E-state index in [1.165, 1.54) is 55.8 Å². The number of methoxy groups -OCH3 is 1. The van der Waals surface area contributed by atoms with Gasteiger partial charge in [-0.2, -0.15) is 0 Å². The molecular weight excluding hydrogens is 510 g/mol. The number of imide groups is 1. The zero-order chi connectivity index (χ0) is 25.8. The minimum Gasteiger partial charge on any atom is -0.493 e. The summed E-state index contributed by atoms with van der Waals surface area (Å²) in [6.45, 7) is -0.400. The van der Waals surface area contributed by atoms with Gasteiger partial charge in [-0.15, -0.1) is 0 Å². The Morgan fingerprint density at radius 2 is 1.92 bits per heavy atom. The first kappa shape index (κ1) is 24.9. The zero-order valence-electron chi connectivity index (χ0n) is 18.5. The van der Waals surface area contributed by atoms with Gasteiger partial charge in [0, 0.05) is 22.8 Å². The van der Waals surface area contributed by atoms with Gasteiger partial charge in [-0.25, -0.2) is 4.98 Å². The summed E-state index contributed by atoms with van der Waals surface area (Å²) in [4.78, 5) is 53.2. The third-order valence-electron chi connectivity index (χ3n) is 4.98. The summed E-state index contributed by atoms with van der Waals surface area (Å²) >= 11 is 6.54. The maximum atomic E-state index is 12.8. The van der Waals surface area contributed by atoms with Gasteiger partial charge in [0.2, 0.25) is 0 Å². The number of halogens is 1. The number of aromatic nitrogens is 1. The fraction of sp³-hybridized carbons (Fsp3) is 0.0833. The van der Waals surface area contributed by atoms with E-state index in [1.54, 1.807) is 18.2 Å². The van der Waals surface area contributed by atoms with Crippen molar-refractivity contribution in [2.45, 2.75) is 0 Å². The number of rotatable bonds is 8. The van der Waals surface area contributed by atoms with Gasteiger partial charge >= 0.3 is 5.69 Å². The molecule has 2 amide bonds. The highest BCUT2D eigenvalue weighted by Gasteiger charge is 2.36. The number of amides is 2. The molecule has 0 aliphatic carbocycles. The van der Waals surface area contributed by atoms with Crippen LogP contribution in [0.5, 0.6) is 17.4 Å². The number of ether oxygens (including phenoxy) is 2. The van der Waals surface area contributed by atoms with Crippen LogP contribution in [0.4, 0.5) is 10.5 Å². The molecule has 1 aliphatic rings. The van der Waals surface area contributed by atoms with Gasteiger partial charge in [0.1, 0.15) is 0 Å². The Kier molecular flexibility index (Phi) is 7.32. The van der Waals surface area contributed by atoms with E-state index in [4.69, 9.17) is 21.1 Å². The monoisotopic (exact) mass is 525 g/mol. The minimum absolute atomic E-state index is 0.125. The van der Waals surface area contributed by atoms with Crippen molar-refractivity contribution in [1.29, 1.82) is 0 Å². The average molecular weight is 526 g/mol. The topological polar surface area (TPSA) is 129 Å². The fourth-order valence-electron chi connectivity index (χ4n) is 3.22. The largest absolute Gasteiger partial charge is 0.493 e. The lowest BCUT2D eigenvalue weighted by atomic mass is 10.1. The van der Waals surface area contributed by atoms with Crippen LogP contribution in [0.3, 0.4) is 0 Å². The van der Waals surface area contributed by atoms with Gasteiger partial charge in [-0.05, 0) is 65.9 Å². The van der Waals surface area contributed by atoms with Crippen LogP contribution in [0.15, 0.2) is 65.7 Å². The predicted octanol–water partition coefficient (Wildman–Crippen LogP) is 5.36. The Hall–Kier alpha value is -4.22. The van der Waals surface area contributed by atoms with E-state index in [-0.39, 0.29) is 28.0 Å². The number of ketones is 1. The number of thioether (sulfide) groups is 1. The first-order valence-electron chi connectivity index (χ1n) is 10.3. The molecule has 0 unspecified atom stereocenters. The number of pyridine rings is 1. The number of carbonyl (C=O) groups excluding carboxylic acids is 3. The van der Waals surface area contributed by atoms with Gasteiger partial charge in [-0.3, -0.25) is 29.4 Å². The van der Waals surface area contributed by atoms with Crippen molar-refractivity contribution in [1.82, 2.24) is 9.88 Å². The van der Waals surface area contributed by atoms with Crippen molar-refractivity contribution in [3.05, 3.63) is 92.0 Å². The summed E-state index contributed by atoms with van der Waals surface area (Å²) in [5.74, 6) is -0.822. The number of hydrogen-bond acceptors (Lipinski definition) is 9. The maximum absolute atomic E-state index is 12.8. The molecule has 2 heterocycles. The van der Waals surface area contributed by atoms with Crippen LogP contribution in [-0.2, 0) is 4.79 Å². The van der Waals surface area contributed by atoms with E-state index >= 15 is 0 Å². The quantitative estimate of drug-likeness (QED) is 0.165. The maximum Gasteiger partial charge on any atom is 0.331 e. The highest BCUT2D eigenvalue weighted by molar-refractivity contribution is 8.18. The average Bonchev–Trinajstić information content (AvgIpc) is 3.12. The smallest absolute Gasteiger partial charge is 0.331 e. The summed E-state index contributed by atoms with van der Waals surface area (Å²) in [7, 11) is 1.38. The number of nitro groups is 1. The molecule has 0 saturated carbocycles. The van der Waals surface area contributed by atoms with Crippen molar-refractivity contribution >= 4 is 52.1 Å². The minimum atomic E-state index is -0.614. The van der Waals surface area contributed by atoms with Crippen molar-refractivity contribution in [3.8, 4) is 17.4 Å². The molecule has 1 aromatic heterocycles. The lowest BCUT2D eigenvalue weighted by Crippen LogP contribution is -2.33. The van der Waals surface area contributed by atoms with Crippen LogP contribution in [-0.4, -0.2) is 45.4 Å². The van der Waals surface area contributed by atoms with E-state index in [0.717, 1.165) is 4.90 Å². The zero-order valence-corrected chi connectivity index (χ0v) is 20.1. The second-order valence-corrected chi connectivity index (χ2v) is 8.72. The molecule has 0 radical (unpaired) electrons. The van der Waals surface area contributed by atoms with Crippen molar-refractivity contribution in [2.24, 2.45) is 0 Å². The van der Waals surface area contributed by atoms with E-state index in [9.17, 15) is 24.5 Å². The van der Waals surface area contributed by atoms with Gasteiger partial charge in [0.15, 0.2) is 17.3 Å². The SMILES string of the molecule is COc1cc(/C=C2\SC(=O)N(CC(=O)c3ccc(Cl)cc3)C2=O)ccc1Oc1ncccc1[N+](=O)[O-]. The van der Waals surface area contributed by atoms with Gasteiger partial charge in [-0.1, -0.05) is 17.7 Å². The third kappa shape index (κ3) is 5.37. The molecule has 10 nitrogen and oxygen atoms in total. The van der Waals surface area contributed by atoms with E-state index < -0.39 is 28.4 Å². The second kappa shape index (κ2) is 10.6. The molecule has 0 bridgehead atoms. The van der Waals surface area contributed by atoms with Crippen LogP contribution in [0, 0.1) is 10.1 Å². The Balaban J connectivity index is 1.53. The van der Waals surface area contributed by atoms with Crippen LogP contribution >= 0.6 is 23.4 Å². The highest BCUT2D eigenvalue weighted by atomic mass is 35.5. The molecule has 0 N–H and O–H groups in total. The van der Waals surface area contributed by atoms with Gasteiger partial charge in [0.05, 0.1) is 23.5 Å². The second-order valence-electron chi connectivity index (χ2n) is 7.30. The molecule has 1 fully saturated rings. The number of carbonyl (C=O) groups is 3. The van der Waals surface area contributed by atoms with E-state index in [0.29, 0.717) is 27.9 Å². The van der Waals surface area contributed by atoms with Gasteiger partial charge < -0.3 is 9.47 Å². The van der Waals surface area contributed by atoms with Gasteiger partial charge in [0.25, 0.3) is 17.0 Å². The Morgan fingerprint density at radius 1 is 1.17 bits per heavy atom. The summed E-state index contributed by atoms with van der Waals surface area (Å²) < 4.78 is 10.9. The molecular formula is C24H16ClN3O7S. The standard InChI is InChI=1S/C24H16ClN3O7S/c1-34-20-11-14(4-9-19(20)35-22-17(28(32)33)3-2-10-26-22)12-21-23(30)27(24(31)36-21)13-18(29)15-5-7-16(25)8-6-15/h2-12H,13H2,1H3/b21-12-. The van der Waals surface area contributed by atoms with Crippen molar-refractivity contribution in [3.63, 3.8) is 0 Å². The number of hydrogen-bond donors (Lipinski definition) is 0. The predicted molar refractivity (Wildman–Crippen MR) is 132 cm³/mol. The first-order chi connectivity index (χ1) is 17.3. The molecule has 1 aliphatic heterocycles. The molecule has 4 rings (SSSR count). The Labute approximate surface area is 213 Å². The molecule has 12 heteroatoms. The first-order valence-corrected chi connectivity index (χ1v) is 11.5. The fourth-order valence-corrected chi connectivity index (χ4v) is 4.18. The molecule has 2 aromatic carbocycles. The van der Waals surface area contributed by atoms with Crippen LogP contribution in [0.2, 0.25) is 5.02 Å². The molecule has 0 spiro atoms. The van der Waals surface area contributed by atoms with Crippen LogP contribution in [0.1, 0.15) is 15.9 Å². The van der Waals surface area contributed by atoms with E-state index in [1.807, 2.05) is 0 Å². The van der Waals surface area contributed by atoms with Crippen molar-refractivity contribution in [2.75, 3.05) is 13.7 Å². The number of Topliss-reactive ketones (excluding diaryl/α,β-unsaturated/α-hetero) is 1. The summed E-state index contributed by atoms with van der Waals surface area (Å²) in [5, 5.41) is 11.1. The summed E-state index contributed by atoms with van der Waals surface area (Å²) in [6, 6.07) is 13.4. The highest BCUT2D eigenvalue weighted by Crippen LogP contribution is 2.37. The normalized spacial score (nSPS) is 14.3. The summed E-state index contributed by atoms with van der Waals surface area (Å²) in [6.07, 6.45) is 2.84. The van der Waals surface area contributed by atoms with Crippen LogP contribution < -0.4 is 9.47 Å². The van der Waals surface area contributed by atoms with Crippen LogP contribution in [0.25, 0.3) is 6.08 Å². The molecule has 182 valence electrons. The number of nitrogens with zero attached hydrogens (tertiary/aromatic N) is 3. The van der Waals surface area contributed by atoms with E-state index in [2.05, 4.69) is 4.98 Å². The third-order valence-corrected chi connectivity index (χ3v) is 6.14. The number of benzene rings is 2. The molecule has 3 aromatic rings. The molecule has 36 heavy (non-hydrogen) atoms. The lowest BCUT2D eigenvalue weighted by Gasteiger charge is -2.11. The Morgan fingerprint density at radius 3 is 2.61 bits per heavy atom. The Bertz CT molecular complexity index is 1410. The summed E-state index contributed by atoms with van der Waals surface area (Å²) in [5.41, 5.74) is 0.519. The van der Waals surface area contributed by atoms with Crippen molar-refractivity contribution < 1.29 is 28.8 Å². The lowest BCUT2D eigenvalue weighted by molar-refractivity contribution is -0.386. The molecule has 0 atom stereocenters. The molecule has 1 saturated heterocycles.